The fourth-order valence-electron chi connectivity index (χ4n) is 3.83. The first kappa shape index (κ1) is 24.8. The molecular weight excluding hydrogens is 463 g/mol. The molecule has 3 rings (SSSR count). The highest BCUT2D eigenvalue weighted by molar-refractivity contribution is 7.96. The number of hydrogen-bond donors (Lipinski definition) is 2. The second-order valence-corrected chi connectivity index (χ2v) is 10.4. The number of likely N-dealkylation sites (N-methyl/N-ethyl adjacent to an activating group) is 1. The molecule has 1 unspecified atom stereocenters. The molecule has 1 fully saturated rings. The molecule has 6 nitrogen and oxygen atoms in total. The number of piperazine rings is 1. The fourth-order valence-corrected chi connectivity index (χ4v) is 5.90. The molecule has 1 aliphatic heterocycles. The summed E-state index contributed by atoms with van der Waals surface area (Å²) in [6.07, 6.45) is 0.622. The third-order valence-corrected chi connectivity index (χ3v) is 8.24. The second-order valence-electron chi connectivity index (χ2n) is 7.97. The van der Waals surface area contributed by atoms with Crippen molar-refractivity contribution in [1.29, 1.82) is 0 Å². The number of benzene rings is 1. The van der Waals surface area contributed by atoms with E-state index in [9.17, 15) is 26.7 Å². The summed E-state index contributed by atoms with van der Waals surface area (Å²) in [5.41, 5.74) is -2.56. The van der Waals surface area contributed by atoms with Gasteiger partial charge in [-0.25, -0.2) is 8.42 Å². The molecule has 176 valence electrons. The molecular formula is C21H26F3N3O3S2. The lowest BCUT2D eigenvalue weighted by Gasteiger charge is -2.42. The Bertz CT molecular complexity index is 1020. The summed E-state index contributed by atoms with van der Waals surface area (Å²) in [7, 11) is -2.00. The van der Waals surface area contributed by atoms with Crippen LogP contribution >= 0.6 is 12.2 Å². The van der Waals surface area contributed by atoms with Crippen LogP contribution in [0.4, 0.5) is 18.9 Å². The van der Waals surface area contributed by atoms with E-state index in [4.69, 9.17) is 12.2 Å². The molecule has 1 saturated heterocycles. The lowest BCUT2D eigenvalue weighted by atomic mass is 9.95. The van der Waals surface area contributed by atoms with E-state index in [-0.39, 0.29) is 29.6 Å². The molecule has 32 heavy (non-hydrogen) atoms. The molecule has 1 heterocycles. The lowest BCUT2D eigenvalue weighted by Crippen LogP contribution is -2.58. The van der Waals surface area contributed by atoms with Crippen LogP contribution in [-0.2, 0) is 15.6 Å². The molecule has 2 aliphatic rings. The van der Waals surface area contributed by atoms with Crippen molar-refractivity contribution in [3.05, 3.63) is 53.0 Å². The van der Waals surface area contributed by atoms with Crippen LogP contribution in [-0.4, -0.2) is 68.1 Å². The normalized spacial score (nSPS) is 22.6. The lowest BCUT2D eigenvalue weighted by molar-refractivity contribution is -0.258. The number of allylic oxidation sites excluding steroid dienone is 4. The molecule has 0 radical (unpaired) electrons. The maximum Gasteiger partial charge on any atom is 0.421 e. The van der Waals surface area contributed by atoms with Gasteiger partial charge >= 0.3 is 6.18 Å². The first-order valence-electron chi connectivity index (χ1n) is 10.1. The average molecular weight is 490 g/mol. The van der Waals surface area contributed by atoms with Crippen molar-refractivity contribution in [3.63, 3.8) is 0 Å². The molecule has 0 aromatic heterocycles. The third kappa shape index (κ3) is 4.76. The minimum atomic E-state index is -4.80. The van der Waals surface area contributed by atoms with Gasteiger partial charge < -0.3 is 15.3 Å². The summed E-state index contributed by atoms with van der Waals surface area (Å²) in [4.78, 5) is 2.49. The van der Waals surface area contributed by atoms with Gasteiger partial charge in [0.2, 0.25) is 10.0 Å². The molecule has 1 aromatic carbocycles. The Balaban J connectivity index is 1.82. The highest BCUT2D eigenvalue weighted by Gasteiger charge is 2.51. The van der Waals surface area contributed by atoms with E-state index in [0.717, 1.165) is 6.92 Å². The van der Waals surface area contributed by atoms with Gasteiger partial charge in [-0.3, -0.25) is 0 Å². The van der Waals surface area contributed by atoms with Gasteiger partial charge in [-0.05, 0) is 37.7 Å². The van der Waals surface area contributed by atoms with Crippen LogP contribution in [0.15, 0.2) is 47.4 Å². The summed E-state index contributed by atoms with van der Waals surface area (Å²) in [5.74, 6) is 0. The summed E-state index contributed by atoms with van der Waals surface area (Å²) in [6, 6.07) is 5.29. The number of sulfonamides is 1. The van der Waals surface area contributed by atoms with Gasteiger partial charge in [-0.2, -0.15) is 17.5 Å². The van der Waals surface area contributed by atoms with E-state index in [1.807, 2.05) is 11.0 Å². The number of nitrogens with one attached hydrogen (secondary N) is 1. The largest absolute Gasteiger partial charge is 0.421 e. The number of hydrogen-bond acceptors (Lipinski definition) is 6. The van der Waals surface area contributed by atoms with Gasteiger partial charge in [0, 0.05) is 43.2 Å². The minimum Gasteiger partial charge on any atom is -0.376 e. The van der Waals surface area contributed by atoms with E-state index in [1.165, 1.54) is 34.6 Å². The zero-order chi connectivity index (χ0) is 23.7. The zero-order valence-corrected chi connectivity index (χ0v) is 19.4. The third-order valence-electron chi connectivity index (χ3n) is 5.78. The number of anilines is 1. The molecule has 1 aromatic rings. The van der Waals surface area contributed by atoms with Crippen molar-refractivity contribution in [1.82, 2.24) is 9.62 Å². The van der Waals surface area contributed by atoms with Crippen molar-refractivity contribution in [2.45, 2.75) is 31.2 Å². The highest BCUT2D eigenvalue weighted by atomic mass is 32.2. The molecule has 0 saturated carbocycles. The number of nitrogens with zero attached hydrogens (tertiary/aromatic N) is 2. The Labute approximate surface area is 191 Å². The first-order chi connectivity index (χ1) is 14.9. The van der Waals surface area contributed by atoms with Crippen LogP contribution < -0.4 is 10.2 Å². The van der Waals surface area contributed by atoms with E-state index in [0.29, 0.717) is 30.1 Å². The van der Waals surface area contributed by atoms with Crippen molar-refractivity contribution in [3.8, 4) is 0 Å². The van der Waals surface area contributed by atoms with Crippen LogP contribution in [0, 0.1) is 0 Å². The molecule has 1 aliphatic carbocycles. The quantitative estimate of drug-likeness (QED) is 0.599. The Morgan fingerprint density at radius 1 is 1.22 bits per heavy atom. The number of halogens is 3. The van der Waals surface area contributed by atoms with Crippen molar-refractivity contribution < 1.29 is 26.7 Å². The Hall–Kier alpha value is -1.79. The number of thiocarbonyl (C=S) groups is 1. The number of aliphatic hydroxyl groups is 1. The predicted molar refractivity (Wildman–Crippen MR) is 122 cm³/mol. The fraction of sp³-hybridized carbons (Fsp3) is 0.476. The van der Waals surface area contributed by atoms with Crippen LogP contribution in [0.25, 0.3) is 0 Å². The molecule has 0 amide bonds. The monoisotopic (exact) mass is 489 g/mol. The number of rotatable bonds is 6. The molecule has 2 atom stereocenters. The predicted octanol–water partition coefficient (Wildman–Crippen LogP) is 2.71. The molecule has 0 bridgehead atoms. The Kier molecular flexibility index (Phi) is 7.16. The van der Waals surface area contributed by atoms with Crippen molar-refractivity contribution in [2.75, 3.05) is 38.1 Å². The molecule has 0 spiro atoms. The van der Waals surface area contributed by atoms with Crippen LogP contribution in [0.1, 0.15) is 18.9 Å². The van der Waals surface area contributed by atoms with Crippen LogP contribution in [0.2, 0.25) is 0 Å². The van der Waals surface area contributed by atoms with Crippen molar-refractivity contribution >= 4 is 32.8 Å². The second kappa shape index (κ2) is 9.22. The summed E-state index contributed by atoms with van der Waals surface area (Å²) in [6.45, 7) is 1.96. The Morgan fingerprint density at radius 3 is 2.44 bits per heavy atom. The SMILES string of the molecule is CNC[C@H]1CN(S(=O)(=O)C2=CC=CCC2=S)CCN1c1ccc(C(C)(O)C(F)(F)F)cc1. The number of alkyl halides is 3. The van der Waals surface area contributed by atoms with Crippen LogP contribution in [0.3, 0.4) is 0 Å². The topological polar surface area (TPSA) is 72.9 Å². The Morgan fingerprint density at radius 2 is 1.88 bits per heavy atom. The zero-order valence-electron chi connectivity index (χ0n) is 17.8. The van der Waals surface area contributed by atoms with Gasteiger partial charge in [0.15, 0.2) is 5.60 Å². The maximum atomic E-state index is 13.2. The highest BCUT2D eigenvalue weighted by Crippen LogP contribution is 2.39. The van der Waals surface area contributed by atoms with Gasteiger partial charge in [-0.1, -0.05) is 36.5 Å². The standard InChI is InChI=1S/C21H26F3N3O3S2/c1-20(28,21(22,23)24)15-7-9-16(10-8-15)27-12-11-26(14-17(27)13-25-2)32(29,30)19-6-4-3-5-18(19)31/h3-4,6-10,17,25,28H,5,11-14H2,1-2H3/t17-,20?/m0/s1. The summed E-state index contributed by atoms with van der Waals surface area (Å²) < 4.78 is 67.1. The van der Waals surface area contributed by atoms with Gasteiger partial charge in [0.1, 0.15) is 0 Å². The van der Waals surface area contributed by atoms with E-state index < -0.39 is 21.8 Å². The summed E-state index contributed by atoms with van der Waals surface area (Å²) >= 11 is 5.24. The van der Waals surface area contributed by atoms with Gasteiger partial charge in [-0.15, -0.1) is 0 Å². The van der Waals surface area contributed by atoms with Gasteiger partial charge in [0.25, 0.3) is 0 Å². The summed E-state index contributed by atoms with van der Waals surface area (Å²) in [5, 5.41) is 12.9. The van der Waals surface area contributed by atoms with Crippen LogP contribution in [0.5, 0.6) is 0 Å². The van der Waals surface area contributed by atoms with E-state index in [2.05, 4.69) is 5.32 Å². The molecule has 2 N–H and O–H groups in total. The maximum absolute atomic E-state index is 13.2. The minimum absolute atomic E-state index is 0.144. The van der Waals surface area contributed by atoms with Crippen molar-refractivity contribution in [2.24, 2.45) is 0 Å². The molecule has 11 heteroatoms. The van der Waals surface area contributed by atoms with E-state index in [1.54, 1.807) is 13.1 Å². The van der Waals surface area contributed by atoms with Gasteiger partial charge in [0.05, 0.1) is 10.9 Å². The first-order valence-corrected chi connectivity index (χ1v) is 12.0. The van der Waals surface area contributed by atoms with E-state index >= 15 is 0 Å². The average Bonchev–Trinajstić information content (AvgIpc) is 2.73. The smallest absolute Gasteiger partial charge is 0.376 e.